The molecule has 128 valence electrons. The Kier molecular flexibility index (Phi) is 4.18. The van der Waals surface area contributed by atoms with E-state index in [9.17, 15) is 22.8 Å². The van der Waals surface area contributed by atoms with E-state index < -0.39 is 23.5 Å². The number of thiophene rings is 1. The van der Waals surface area contributed by atoms with Crippen molar-refractivity contribution in [2.45, 2.75) is 25.7 Å². The molecule has 0 saturated heterocycles. The summed E-state index contributed by atoms with van der Waals surface area (Å²) in [4.78, 5) is 31.0. The van der Waals surface area contributed by atoms with E-state index in [1.165, 1.54) is 6.07 Å². The molecule has 2 aromatic heterocycles. The quantitative estimate of drug-likeness (QED) is 0.877. The zero-order chi connectivity index (χ0) is 17.5. The molecule has 0 atom stereocenters. The van der Waals surface area contributed by atoms with Crippen LogP contribution in [-0.2, 0) is 25.7 Å². The van der Waals surface area contributed by atoms with Crippen molar-refractivity contribution < 1.29 is 23.1 Å². The molecule has 3 heterocycles. The first-order valence-corrected chi connectivity index (χ1v) is 7.79. The number of nitrogens with one attached hydrogen (secondary N) is 1. The summed E-state index contributed by atoms with van der Waals surface area (Å²) in [5.74, 6) is -2.28. The number of aromatic nitrogens is 2. The van der Waals surface area contributed by atoms with Crippen LogP contribution in [0.5, 0.6) is 0 Å². The van der Waals surface area contributed by atoms with Gasteiger partial charge in [-0.2, -0.15) is 13.2 Å². The third kappa shape index (κ3) is 3.34. The number of alkyl halides is 3. The Morgan fingerprint density at radius 1 is 1.42 bits per heavy atom. The van der Waals surface area contributed by atoms with Gasteiger partial charge >= 0.3 is 12.1 Å². The summed E-state index contributed by atoms with van der Waals surface area (Å²) in [6.07, 6.45) is -4.45. The Bertz CT molecular complexity index is 844. The molecule has 6 nitrogen and oxygen atoms in total. The van der Waals surface area contributed by atoms with Crippen molar-refractivity contribution in [1.82, 2.24) is 14.9 Å². The zero-order valence-electron chi connectivity index (χ0n) is 12.2. The van der Waals surface area contributed by atoms with Gasteiger partial charge in [0.15, 0.2) is 0 Å². The molecule has 2 N–H and O–H groups in total. The Labute approximate surface area is 137 Å². The second-order valence-corrected chi connectivity index (χ2v) is 6.54. The van der Waals surface area contributed by atoms with E-state index in [1.54, 1.807) is 11.1 Å². The van der Waals surface area contributed by atoms with Gasteiger partial charge in [-0.05, 0) is 12.1 Å². The van der Waals surface area contributed by atoms with Gasteiger partial charge in [0.2, 0.25) is 5.82 Å². The van der Waals surface area contributed by atoms with Gasteiger partial charge < -0.3 is 10.1 Å². The van der Waals surface area contributed by atoms with Crippen LogP contribution in [-0.4, -0.2) is 32.5 Å². The Morgan fingerprint density at radius 2 is 2.17 bits per heavy atom. The number of H-pyrrole nitrogens is 1. The number of halogens is 3. The fourth-order valence-corrected chi connectivity index (χ4v) is 3.44. The predicted octanol–water partition coefficient (Wildman–Crippen LogP) is 2.11. The van der Waals surface area contributed by atoms with Gasteiger partial charge in [-0.15, -0.1) is 11.3 Å². The normalized spacial score (nSPS) is 15.3. The number of hydrogen-bond donors (Lipinski definition) is 2. The maximum atomic E-state index is 12.7. The fraction of sp³-hybridized carbons (Fsp3) is 0.357. The molecule has 0 bridgehead atoms. The van der Waals surface area contributed by atoms with Gasteiger partial charge in [-0.25, -0.2) is 9.78 Å². The second kappa shape index (κ2) is 6.02. The number of rotatable bonds is 3. The van der Waals surface area contributed by atoms with Gasteiger partial charge in [0.05, 0.1) is 11.3 Å². The molecule has 0 spiro atoms. The van der Waals surface area contributed by atoms with E-state index in [1.807, 2.05) is 4.90 Å². The van der Waals surface area contributed by atoms with Crippen LogP contribution in [0.4, 0.5) is 13.2 Å². The van der Waals surface area contributed by atoms with Crippen molar-refractivity contribution in [3.8, 4) is 0 Å². The van der Waals surface area contributed by atoms with E-state index in [-0.39, 0.29) is 29.1 Å². The number of carbonyl (C=O) groups is 1. The van der Waals surface area contributed by atoms with Crippen molar-refractivity contribution in [1.29, 1.82) is 0 Å². The highest BCUT2D eigenvalue weighted by molar-refractivity contribution is 7.13. The molecule has 0 amide bonds. The average molecular weight is 359 g/mol. The molecule has 2 aromatic rings. The topological polar surface area (TPSA) is 86.3 Å². The Balaban J connectivity index is 1.79. The standard InChI is InChI=1S/C14H12F3N3O3S/c15-14(16,17)13-18-9-3-4-20(6-8(9)11(21)19-13)5-7-1-2-10(24-7)12(22)23/h1-2H,3-6H2,(H,22,23)(H,18,19,21). The van der Waals surface area contributed by atoms with Gasteiger partial charge in [0.1, 0.15) is 4.88 Å². The molecule has 24 heavy (non-hydrogen) atoms. The summed E-state index contributed by atoms with van der Waals surface area (Å²) < 4.78 is 38.0. The van der Waals surface area contributed by atoms with E-state index in [4.69, 9.17) is 5.11 Å². The zero-order valence-corrected chi connectivity index (χ0v) is 13.0. The van der Waals surface area contributed by atoms with Crippen LogP contribution in [0.15, 0.2) is 16.9 Å². The maximum absolute atomic E-state index is 12.7. The van der Waals surface area contributed by atoms with E-state index in [2.05, 4.69) is 4.98 Å². The minimum Gasteiger partial charge on any atom is -0.477 e. The van der Waals surface area contributed by atoms with Crippen molar-refractivity contribution in [2.75, 3.05) is 6.54 Å². The number of carboxylic acids is 1. The molecule has 0 radical (unpaired) electrons. The third-order valence-electron chi connectivity index (χ3n) is 3.67. The smallest absolute Gasteiger partial charge is 0.449 e. The SMILES string of the molecule is O=C(O)c1ccc(CN2CCc3nc(C(F)(F)F)[nH]c(=O)c3C2)s1. The lowest BCUT2D eigenvalue weighted by molar-refractivity contribution is -0.145. The number of aromatic amines is 1. The minimum atomic E-state index is -4.68. The van der Waals surface area contributed by atoms with Crippen molar-refractivity contribution >= 4 is 17.3 Å². The molecule has 0 saturated carbocycles. The maximum Gasteiger partial charge on any atom is 0.449 e. The number of carboxylic acid groups (broad SMARTS) is 1. The molecule has 0 aromatic carbocycles. The highest BCUT2D eigenvalue weighted by Gasteiger charge is 2.35. The first kappa shape index (κ1) is 16.7. The van der Waals surface area contributed by atoms with Crippen LogP contribution in [0.2, 0.25) is 0 Å². The van der Waals surface area contributed by atoms with Crippen molar-refractivity contribution in [3.05, 3.63) is 49.3 Å². The molecule has 10 heteroatoms. The van der Waals surface area contributed by atoms with Gasteiger partial charge in [-0.1, -0.05) is 0 Å². The van der Waals surface area contributed by atoms with Crippen molar-refractivity contribution in [3.63, 3.8) is 0 Å². The molecular weight excluding hydrogens is 347 g/mol. The van der Waals surface area contributed by atoms with Gasteiger partial charge in [0, 0.05) is 30.9 Å². The molecule has 1 aliphatic heterocycles. The summed E-state index contributed by atoms with van der Waals surface area (Å²) in [5, 5.41) is 8.91. The lowest BCUT2D eigenvalue weighted by atomic mass is 10.1. The third-order valence-corrected chi connectivity index (χ3v) is 4.73. The minimum absolute atomic E-state index is 0.166. The largest absolute Gasteiger partial charge is 0.477 e. The second-order valence-electron chi connectivity index (χ2n) is 5.37. The molecule has 0 unspecified atom stereocenters. The lowest BCUT2D eigenvalue weighted by Crippen LogP contribution is -2.36. The highest BCUT2D eigenvalue weighted by atomic mass is 32.1. The Hall–Kier alpha value is -2.20. The van der Waals surface area contributed by atoms with Crippen LogP contribution in [0, 0.1) is 0 Å². The molecule has 0 aliphatic carbocycles. The molecule has 0 fully saturated rings. The lowest BCUT2D eigenvalue weighted by Gasteiger charge is -2.27. The summed E-state index contributed by atoms with van der Waals surface area (Å²) in [6.45, 7) is 1.05. The summed E-state index contributed by atoms with van der Waals surface area (Å²) in [6, 6.07) is 3.20. The number of aromatic carboxylic acids is 1. The van der Waals surface area contributed by atoms with Crippen LogP contribution < -0.4 is 5.56 Å². The monoisotopic (exact) mass is 359 g/mol. The van der Waals surface area contributed by atoms with Crippen LogP contribution in [0.25, 0.3) is 0 Å². The van der Waals surface area contributed by atoms with Crippen LogP contribution >= 0.6 is 11.3 Å². The first-order valence-electron chi connectivity index (χ1n) is 6.97. The van der Waals surface area contributed by atoms with Gasteiger partial charge in [-0.3, -0.25) is 9.69 Å². The van der Waals surface area contributed by atoms with Crippen molar-refractivity contribution in [2.24, 2.45) is 0 Å². The summed E-state index contributed by atoms with van der Waals surface area (Å²) in [7, 11) is 0. The molecule has 3 rings (SSSR count). The van der Waals surface area contributed by atoms with Crippen LogP contribution in [0.1, 0.15) is 31.6 Å². The summed E-state index contributed by atoms with van der Waals surface area (Å²) >= 11 is 1.13. The number of nitrogens with zero attached hydrogens (tertiary/aromatic N) is 2. The predicted molar refractivity (Wildman–Crippen MR) is 79.0 cm³/mol. The summed E-state index contributed by atoms with van der Waals surface area (Å²) in [5.41, 5.74) is -0.390. The van der Waals surface area contributed by atoms with Gasteiger partial charge in [0.25, 0.3) is 5.56 Å². The van der Waals surface area contributed by atoms with E-state index in [0.717, 1.165) is 16.2 Å². The van der Waals surface area contributed by atoms with E-state index >= 15 is 0 Å². The highest BCUT2D eigenvalue weighted by Crippen LogP contribution is 2.27. The number of hydrogen-bond acceptors (Lipinski definition) is 5. The number of fused-ring (bicyclic) bond motifs is 1. The average Bonchev–Trinajstić information content (AvgIpc) is 2.95. The Morgan fingerprint density at radius 3 is 2.79 bits per heavy atom. The molecular formula is C14H12F3N3O3S. The fourth-order valence-electron chi connectivity index (χ4n) is 2.55. The molecule has 1 aliphatic rings. The van der Waals surface area contributed by atoms with Crippen LogP contribution in [0.3, 0.4) is 0 Å². The van der Waals surface area contributed by atoms with E-state index in [0.29, 0.717) is 13.1 Å². The first-order chi connectivity index (χ1) is 11.2.